The van der Waals surface area contributed by atoms with Crippen LogP contribution in [0.5, 0.6) is 0 Å². The summed E-state index contributed by atoms with van der Waals surface area (Å²) < 4.78 is 6.14. The molecule has 0 radical (unpaired) electrons. The van der Waals surface area contributed by atoms with Crippen LogP contribution in [0, 0.1) is 0 Å². The van der Waals surface area contributed by atoms with E-state index in [2.05, 4.69) is 26.2 Å². The van der Waals surface area contributed by atoms with Crippen LogP contribution in [0.2, 0.25) is 0 Å². The number of hydrogen-bond donors (Lipinski definition) is 1. The maximum Gasteiger partial charge on any atom is 0.413 e. The van der Waals surface area contributed by atoms with E-state index >= 15 is 0 Å². The second kappa shape index (κ2) is 5.17. The molecule has 0 aliphatic rings. The molecule has 0 saturated heterocycles. The lowest BCUT2D eigenvalue weighted by Gasteiger charge is -2.19. The summed E-state index contributed by atoms with van der Waals surface area (Å²) >= 11 is 3.47. The first-order valence-corrected chi connectivity index (χ1v) is 6.69. The Bertz CT molecular complexity index is 620. The van der Waals surface area contributed by atoms with Crippen LogP contribution >= 0.6 is 15.9 Å². The van der Waals surface area contributed by atoms with Gasteiger partial charge in [-0.25, -0.2) is 9.78 Å². The molecule has 0 fully saturated rings. The van der Waals surface area contributed by atoms with Crippen molar-refractivity contribution in [3.8, 4) is 0 Å². The number of anilines is 1. The number of amides is 1. The number of carbonyl (C=O) groups excluding carboxylic acids is 1. The number of pyridine rings is 1. The Hall–Kier alpha value is -1.62. The van der Waals surface area contributed by atoms with E-state index in [0.717, 1.165) is 15.2 Å². The van der Waals surface area contributed by atoms with Gasteiger partial charge in [0.25, 0.3) is 0 Å². The monoisotopic (exact) mass is 322 g/mol. The van der Waals surface area contributed by atoms with Gasteiger partial charge in [0.1, 0.15) is 11.4 Å². The molecule has 2 rings (SSSR count). The third-order valence-electron chi connectivity index (χ3n) is 2.34. The Kier molecular flexibility index (Phi) is 3.75. The Morgan fingerprint density at radius 1 is 1.37 bits per heavy atom. The van der Waals surface area contributed by atoms with Gasteiger partial charge in [-0.3, -0.25) is 5.32 Å². The minimum Gasteiger partial charge on any atom is -0.444 e. The van der Waals surface area contributed by atoms with Crippen LogP contribution in [0.3, 0.4) is 0 Å². The van der Waals surface area contributed by atoms with Gasteiger partial charge in [-0.1, -0.05) is 28.1 Å². The fourth-order valence-corrected chi connectivity index (χ4v) is 2.10. The molecule has 1 amide bonds. The Balaban J connectivity index is 2.22. The van der Waals surface area contributed by atoms with Crippen LogP contribution in [0.25, 0.3) is 10.8 Å². The van der Waals surface area contributed by atoms with Crippen LogP contribution < -0.4 is 5.32 Å². The highest BCUT2D eigenvalue weighted by molar-refractivity contribution is 9.10. The number of rotatable bonds is 1. The van der Waals surface area contributed by atoms with Crippen molar-refractivity contribution in [1.29, 1.82) is 0 Å². The topological polar surface area (TPSA) is 51.2 Å². The Morgan fingerprint density at radius 2 is 2.11 bits per heavy atom. The van der Waals surface area contributed by atoms with E-state index in [0.29, 0.717) is 5.82 Å². The van der Waals surface area contributed by atoms with Crippen molar-refractivity contribution in [2.24, 2.45) is 0 Å². The smallest absolute Gasteiger partial charge is 0.413 e. The van der Waals surface area contributed by atoms with Crippen molar-refractivity contribution in [2.45, 2.75) is 26.4 Å². The molecule has 1 aromatic carbocycles. The summed E-state index contributed by atoms with van der Waals surface area (Å²) in [6, 6.07) is 7.66. The number of carbonyl (C=O) groups is 1. The van der Waals surface area contributed by atoms with Crippen molar-refractivity contribution >= 4 is 38.6 Å². The summed E-state index contributed by atoms with van der Waals surface area (Å²) in [5.41, 5.74) is -0.526. The summed E-state index contributed by atoms with van der Waals surface area (Å²) in [7, 11) is 0. The third-order valence-corrected chi connectivity index (χ3v) is 3.03. The van der Waals surface area contributed by atoms with Gasteiger partial charge in [0.15, 0.2) is 0 Å². The molecule has 1 aromatic heterocycles. The largest absolute Gasteiger partial charge is 0.444 e. The van der Waals surface area contributed by atoms with Crippen LogP contribution in [0.15, 0.2) is 34.9 Å². The molecule has 0 unspecified atom stereocenters. The van der Waals surface area contributed by atoms with E-state index in [1.165, 1.54) is 0 Å². The summed E-state index contributed by atoms with van der Waals surface area (Å²) in [6.07, 6.45) is 1.21. The Labute approximate surface area is 120 Å². The van der Waals surface area contributed by atoms with Crippen molar-refractivity contribution in [2.75, 3.05) is 5.32 Å². The fraction of sp³-hybridized carbons (Fsp3) is 0.286. The molecule has 19 heavy (non-hydrogen) atoms. The highest BCUT2D eigenvalue weighted by Gasteiger charge is 2.16. The van der Waals surface area contributed by atoms with Crippen LogP contribution in [0.1, 0.15) is 20.8 Å². The SMILES string of the molecule is CC(C)(C)OC(=O)Nc1cc2c(Br)cccc2cn1. The highest BCUT2D eigenvalue weighted by Crippen LogP contribution is 2.25. The predicted molar refractivity (Wildman–Crippen MR) is 79.3 cm³/mol. The quantitative estimate of drug-likeness (QED) is 0.849. The molecule has 0 aliphatic carbocycles. The van der Waals surface area contributed by atoms with Crippen molar-refractivity contribution in [3.63, 3.8) is 0 Å². The van der Waals surface area contributed by atoms with Crippen LogP contribution in [-0.4, -0.2) is 16.7 Å². The predicted octanol–water partition coefficient (Wildman–Crippen LogP) is 4.34. The molecule has 1 heterocycles. The third kappa shape index (κ3) is 3.67. The highest BCUT2D eigenvalue weighted by atomic mass is 79.9. The van der Waals surface area contributed by atoms with Gasteiger partial charge in [0, 0.05) is 21.4 Å². The average molecular weight is 323 g/mol. The minimum atomic E-state index is -0.526. The first-order valence-electron chi connectivity index (χ1n) is 5.89. The lowest BCUT2D eigenvalue weighted by molar-refractivity contribution is 0.0635. The number of aromatic nitrogens is 1. The molecule has 1 N–H and O–H groups in total. The zero-order valence-electron chi connectivity index (χ0n) is 11.0. The number of nitrogens with one attached hydrogen (secondary N) is 1. The lowest BCUT2D eigenvalue weighted by atomic mass is 10.2. The van der Waals surface area contributed by atoms with Gasteiger partial charge in [-0.15, -0.1) is 0 Å². The molecular formula is C14H15BrN2O2. The van der Waals surface area contributed by atoms with Gasteiger partial charge < -0.3 is 4.74 Å². The van der Waals surface area contributed by atoms with Gasteiger partial charge in [0.05, 0.1) is 0 Å². The minimum absolute atomic E-state index is 0.466. The maximum atomic E-state index is 11.7. The van der Waals surface area contributed by atoms with Gasteiger partial charge in [-0.05, 0) is 32.9 Å². The van der Waals surface area contributed by atoms with Crippen LogP contribution in [0.4, 0.5) is 10.6 Å². The number of nitrogens with zero attached hydrogens (tertiary/aromatic N) is 1. The van der Waals surface area contributed by atoms with Gasteiger partial charge in [-0.2, -0.15) is 0 Å². The number of halogens is 1. The summed E-state index contributed by atoms with van der Waals surface area (Å²) in [6.45, 7) is 5.45. The van der Waals surface area contributed by atoms with E-state index in [-0.39, 0.29) is 0 Å². The fourth-order valence-electron chi connectivity index (χ4n) is 1.61. The molecule has 100 valence electrons. The second-order valence-corrected chi connectivity index (χ2v) is 6.01. The molecule has 4 nitrogen and oxygen atoms in total. The zero-order chi connectivity index (χ0) is 14.0. The van der Waals surface area contributed by atoms with E-state index < -0.39 is 11.7 Å². The lowest BCUT2D eigenvalue weighted by Crippen LogP contribution is -2.27. The molecule has 0 atom stereocenters. The van der Waals surface area contributed by atoms with Gasteiger partial charge >= 0.3 is 6.09 Å². The zero-order valence-corrected chi connectivity index (χ0v) is 12.6. The second-order valence-electron chi connectivity index (χ2n) is 5.16. The number of hydrogen-bond acceptors (Lipinski definition) is 3. The standard InChI is InChI=1S/C14H15BrN2O2/c1-14(2,3)19-13(18)17-12-7-10-9(8-16-12)5-4-6-11(10)15/h4-8H,1-3H3,(H,16,17,18). The van der Waals surface area contributed by atoms with Crippen molar-refractivity contribution in [1.82, 2.24) is 4.98 Å². The number of ether oxygens (including phenoxy) is 1. The van der Waals surface area contributed by atoms with E-state index in [1.54, 1.807) is 6.20 Å². The molecular weight excluding hydrogens is 308 g/mol. The van der Waals surface area contributed by atoms with Crippen LogP contribution in [-0.2, 0) is 4.74 Å². The normalized spacial score (nSPS) is 11.4. The Morgan fingerprint density at radius 3 is 2.79 bits per heavy atom. The number of benzene rings is 1. The maximum absolute atomic E-state index is 11.7. The van der Waals surface area contributed by atoms with E-state index in [4.69, 9.17) is 4.74 Å². The molecule has 2 aromatic rings. The first-order chi connectivity index (χ1) is 8.85. The van der Waals surface area contributed by atoms with Crippen molar-refractivity contribution < 1.29 is 9.53 Å². The van der Waals surface area contributed by atoms with E-state index in [9.17, 15) is 4.79 Å². The molecule has 0 bridgehead atoms. The molecule has 0 spiro atoms. The van der Waals surface area contributed by atoms with Crippen molar-refractivity contribution in [3.05, 3.63) is 34.9 Å². The molecule has 5 heteroatoms. The average Bonchev–Trinajstić information content (AvgIpc) is 2.27. The molecule has 0 saturated carbocycles. The van der Waals surface area contributed by atoms with E-state index in [1.807, 2.05) is 45.0 Å². The first kappa shape index (κ1) is 13.8. The van der Waals surface area contributed by atoms with Gasteiger partial charge in [0.2, 0.25) is 0 Å². The summed E-state index contributed by atoms with van der Waals surface area (Å²) in [5, 5.41) is 4.62. The summed E-state index contributed by atoms with van der Waals surface area (Å²) in [4.78, 5) is 15.8. The molecule has 0 aliphatic heterocycles. The summed E-state index contributed by atoms with van der Waals surface area (Å²) in [5.74, 6) is 0.466. The number of fused-ring (bicyclic) bond motifs is 1.